The molecule has 4 aromatic rings. The first kappa shape index (κ1) is 21.5. The lowest BCUT2D eigenvalue weighted by atomic mass is 10.2. The molecule has 1 aromatic heterocycles. The van der Waals surface area contributed by atoms with Crippen molar-refractivity contribution in [2.24, 2.45) is 0 Å². The number of fused-ring (bicyclic) bond motifs is 1. The first-order valence-electron chi connectivity index (χ1n) is 9.38. The fourth-order valence-electron chi connectivity index (χ4n) is 3.11. The van der Waals surface area contributed by atoms with Gasteiger partial charge in [0.25, 0.3) is 11.2 Å². The van der Waals surface area contributed by atoms with Gasteiger partial charge in [0, 0.05) is 6.07 Å². The van der Waals surface area contributed by atoms with Gasteiger partial charge in [0.1, 0.15) is 5.69 Å². The van der Waals surface area contributed by atoms with E-state index in [-0.39, 0.29) is 27.8 Å². The number of rotatable bonds is 6. The van der Waals surface area contributed by atoms with Gasteiger partial charge in [0.2, 0.25) is 5.91 Å². The van der Waals surface area contributed by atoms with E-state index < -0.39 is 10.8 Å². The van der Waals surface area contributed by atoms with Gasteiger partial charge in [-0.15, -0.1) is 0 Å². The van der Waals surface area contributed by atoms with Crippen LogP contribution in [0.25, 0.3) is 16.6 Å². The summed E-state index contributed by atoms with van der Waals surface area (Å²) in [5.74, 6) is -0.598. The molecule has 0 saturated carbocycles. The van der Waals surface area contributed by atoms with Crippen LogP contribution in [0, 0.1) is 10.1 Å². The monoisotopic (exact) mass is 466 g/mol. The number of hydrogen-bond acceptors (Lipinski definition) is 6. The summed E-state index contributed by atoms with van der Waals surface area (Å²) in [5.41, 5.74) is 0.507. The number of aromatic nitrogens is 2. The molecule has 0 atom stereocenters. The maximum atomic E-state index is 13.2. The summed E-state index contributed by atoms with van der Waals surface area (Å²) >= 11 is 7.36. The van der Waals surface area contributed by atoms with Crippen LogP contribution in [0.3, 0.4) is 0 Å². The molecule has 0 radical (unpaired) electrons. The van der Waals surface area contributed by atoms with Crippen LogP contribution >= 0.6 is 23.4 Å². The van der Waals surface area contributed by atoms with Gasteiger partial charge in [0.15, 0.2) is 5.16 Å². The number of hydrogen-bond donors (Lipinski definition) is 1. The SMILES string of the molecule is O=C(CSc1nc2ccccc2c(=O)n1-c1ccccc1Cl)Nc1ccccc1[N+](=O)[O-]. The lowest BCUT2D eigenvalue weighted by molar-refractivity contribution is -0.383. The molecule has 4 rings (SSSR count). The van der Waals surface area contributed by atoms with E-state index in [0.717, 1.165) is 11.8 Å². The molecule has 0 saturated heterocycles. The molecule has 0 spiro atoms. The number of nitrogens with one attached hydrogen (secondary N) is 1. The third kappa shape index (κ3) is 4.34. The summed E-state index contributed by atoms with van der Waals surface area (Å²) in [4.78, 5) is 40.9. The second kappa shape index (κ2) is 9.21. The van der Waals surface area contributed by atoms with Crippen LogP contribution < -0.4 is 10.9 Å². The highest BCUT2D eigenvalue weighted by atomic mass is 35.5. The third-order valence-electron chi connectivity index (χ3n) is 4.55. The minimum absolute atomic E-state index is 0.0954. The van der Waals surface area contributed by atoms with Crippen LogP contribution in [0.5, 0.6) is 0 Å². The number of amides is 1. The average molecular weight is 467 g/mol. The average Bonchev–Trinajstić information content (AvgIpc) is 2.79. The van der Waals surface area contributed by atoms with Crippen LogP contribution in [-0.4, -0.2) is 26.1 Å². The minimum Gasteiger partial charge on any atom is -0.320 e. The Kier molecular flexibility index (Phi) is 6.20. The van der Waals surface area contributed by atoms with Crippen molar-refractivity contribution in [2.75, 3.05) is 11.1 Å². The molecule has 0 bridgehead atoms. The molecule has 1 heterocycles. The number of nitrogens with zero attached hydrogens (tertiary/aromatic N) is 3. The van der Waals surface area contributed by atoms with Crippen molar-refractivity contribution in [3.63, 3.8) is 0 Å². The number of anilines is 1. The van der Waals surface area contributed by atoms with Crippen LogP contribution in [-0.2, 0) is 4.79 Å². The predicted octanol–water partition coefficient (Wildman–Crippen LogP) is 4.68. The molecule has 1 N–H and O–H groups in total. The zero-order chi connectivity index (χ0) is 22.7. The van der Waals surface area contributed by atoms with Crippen LogP contribution in [0.2, 0.25) is 5.02 Å². The molecule has 0 aliphatic carbocycles. The van der Waals surface area contributed by atoms with E-state index in [4.69, 9.17) is 11.6 Å². The number of nitro groups is 1. The Morgan fingerprint density at radius 3 is 2.53 bits per heavy atom. The highest BCUT2D eigenvalue weighted by Gasteiger charge is 2.18. The number of benzene rings is 3. The normalized spacial score (nSPS) is 10.8. The molecule has 3 aromatic carbocycles. The van der Waals surface area contributed by atoms with Crippen molar-refractivity contribution in [1.29, 1.82) is 0 Å². The first-order valence-corrected chi connectivity index (χ1v) is 10.7. The maximum absolute atomic E-state index is 13.2. The van der Waals surface area contributed by atoms with Crippen molar-refractivity contribution in [2.45, 2.75) is 5.16 Å². The molecular weight excluding hydrogens is 452 g/mol. The van der Waals surface area contributed by atoms with Crippen LogP contribution in [0.1, 0.15) is 0 Å². The number of carbonyl (C=O) groups is 1. The fraction of sp³-hybridized carbons (Fsp3) is 0.0455. The second-order valence-corrected chi connectivity index (χ2v) is 7.96. The van der Waals surface area contributed by atoms with E-state index in [1.807, 2.05) is 0 Å². The molecule has 0 fully saturated rings. The maximum Gasteiger partial charge on any atom is 0.292 e. The largest absolute Gasteiger partial charge is 0.320 e. The van der Waals surface area contributed by atoms with Gasteiger partial charge in [-0.1, -0.05) is 59.8 Å². The summed E-state index contributed by atoms with van der Waals surface area (Å²) in [6, 6.07) is 19.6. The van der Waals surface area contributed by atoms with E-state index in [2.05, 4.69) is 10.3 Å². The van der Waals surface area contributed by atoms with E-state index in [9.17, 15) is 19.7 Å². The Bertz CT molecular complexity index is 1410. The van der Waals surface area contributed by atoms with Crippen molar-refractivity contribution in [3.8, 4) is 5.69 Å². The number of thioether (sulfide) groups is 1. The molecule has 160 valence electrons. The van der Waals surface area contributed by atoms with Gasteiger partial charge in [-0.25, -0.2) is 4.98 Å². The highest BCUT2D eigenvalue weighted by molar-refractivity contribution is 7.99. The Balaban J connectivity index is 1.68. The molecule has 8 nitrogen and oxygen atoms in total. The number of halogens is 1. The topological polar surface area (TPSA) is 107 Å². The van der Waals surface area contributed by atoms with Crippen molar-refractivity contribution < 1.29 is 9.72 Å². The molecule has 32 heavy (non-hydrogen) atoms. The zero-order valence-corrected chi connectivity index (χ0v) is 18.0. The number of carbonyl (C=O) groups excluding carboxylic acids is 1. The predicted molar refractivity (Wildman–Crippen MR) is 125 cm³/mol. The minimum atomic E-state index is -0.567. The Hall–Kier alpha value is -3.69. The molecule has 0 aliphatic rings. The summed E-state index contributed by atoms with van der Waals surface area (Å²) in [6.45, 7) is 0. The Morgan fingerprint density at radius 2 is 1.75 bits per heavy atom. The second-order valence-electron chi connectivity index (χ2n) is 6.61. The van der Waals surface area contributed by atoms with Gasteiger partial charge < -0.3 is 5.32 Å². The quantitative estimate of drug-likeness (QED) is 0.191. The number of para-hydroxylation sites is 4. The van der Waals surface area contributed by atoms with E-state index >= 15 is 0 Å². The Morgan fingerprint density at radius 1 is 1.06 bits per heavy atom. The third-order valence-corrected chi connectivity index (χ3v) is 5.80. The first-order chi connectivity index (χ1) is 15.5. The summed E-state index contributed by atoms with van der Waals surface area (Å²) in [5, 5.41) is 14.8. The molecule has 0 aliphatic heterocycles. The van der Waals surface area contributed by atoms with Gasteiger partial charge in [-0.3, -0.25) is 24.3 Å². The van der Waals surface area contributed by atoms with E-state index in [1.165, 1.54) is 22.8 Å². The zero-order valence-electron chi connectivity index (χ0n) is 16.4. The van der Waals surface area contributed by atoms with E-state index in [0.29, 0.717) is 21.6 Å². The summed E-state index contributed by atoms with van der Waals surface area (Å²) in [6.07, 6.45) is 0. The van der Waals surface area contributed by atoms with Crippen molar-refractivity contribution in [3.05, 3.63) is 98.3 Å². The Labute approximate surface area is 191 Å². The fourth-order valence-corrected chi connectivity index (χ4v) is 4.14. The van der Waals surface area contributed by atoms with Crippen molar-refractivity contribution in [1.82, 2.24) is 9.55 Å². The van der Waals surface area contributed by atoms with E-state index in [1.54, 1.807) is 54.6 Å². The highest BCUT2D eigenvalue weighted by Crippen LogP contribution is 2.27. The van der Waals surface area contributed by atoms with Crippen molar-refractivity contribution >= 4 is 51.5 Å². The molecule has 10 heteroatoms. The number of nitro benzene ring substituents is 1. The lowest BCUT2D eigenvalue weighted by Crippen LogP contribution is -2.23. The van der Waals surface area contributed by atoms with Gasteiger partial charge in [-0.2, -0.15) is 0 Å². The standard InChI is InChI=1S/C22H15ClN4O4S/c23-15-8-2-5-11-18(15)26-21(29)14-7-1-3-9-16(14)25-22(26)32-13-20(28)24-17-10-4-6-12-19(17)27(30)31/h1-12H,13H2,(H,24,28). The van der Waals surface area contributed by atoms with Gasteiger partial charge in [-0.05, 0) is 30.3 Å². The summed E-state index contributed by atoms with van der Waals surface area (Å²) in [7, 11) is 0. The lowest BCUT2D eigenvalue weighted by Gasteiger charge is -2.14. The van der Waals surface area contributed by atoms with Crippen LogP contribution in [0.4, 0.5) is 11.4 Å². The van der Waals surface area contributed by atoms with Gasteiger partial charge >= 0.3 is 0 Å². The van der Waals surface area contributed by atoms with Gasteiger partial charge in [0.05, 0.1) is 32.3 Å². The van der Waals surface area contributed by atoms with Crippen LogP contribution in [0.15, 0.2) is 82.7 Å². The summed E-state index contributed by atoms with van der Waals surface area (Å²) < 4.78 is 1.37. The molecule has 1 amide bonds. The molecular formula is C22H15ClN4O4S. The molecule has 0 unspecified atom stereocenters. The smallest absolute Gasteiger partial charge is 0.292 e.